The first-order valence-corrected chi connectivity index (χ1v) is 7.94. The van der Waals surface area contributed by atoms with Gasteiger partial charge in [0.2, 0.25) is 5.91 Å². The van der Waals surface area contributed by atoms with Crippen LogP contribution < -0.4 is 10.6 Å². The van der Waals surface area contributed by atoms with Gasteiger partial charge in [-0.3, -0.25) is 9.59 Å². The fraction of sp³-hybridized carbons (Fsp3) is 0.800. The molecule has 2 aliphatic rings. The monoisotopic (exact) mass is 327 g/mol. The quantitative estimate of drug-likeness (QED) is 0.556. The van der Waals surface area contributed by atoms with Crippen LogP contribution in [0.2, 0.25) is 0 Å². The summed E-state index contributed by atoms with van der Waals surface area (Å²) in [4.78, 5) is 36.6. The van der Waals surface area contributed by atoms with Crippen LogP contribution >= 0.6 is 0 Å². The number of rotatable bonds is 5. The molecule has 1 unspecified atom stereocenters. The Bertz CT molecular complexity index is 486. The molecule has 3 amide bonds. The summed E-state index contributed by atoms with van der Waals surface area (Å²) in [6, 6.07) is -0.988. The maximum Gasteiger partial charge on any atom is 0.404 e. The van der Waals surface area contributed by atoms with Crippen LogP contribution in [0.25, 0.3) is 0 Å². The van der Waals surface area contributed by atoms with Crippen molar-refractivity contribution in [3.8, 4) is 0 Å². The highest BCUT2D eigenvalue weighted by molar-refractivity contribution is 5.84. The van der Waals surface area contributed by atoms with Crippen molar-refractivity contribution < 1.29 is 24.6 Å². The lowest BCUT2D eigenvalue weighted by Crippen LogP contribution is -2.61. The summed E-state index contributed by atoms with van der Waals surface area (Å²) in [6.45, 7) is 5.71. The van der Waals surface area contributed by atoms with E-state index < -0.39 is 30.1 Å². The van der Waals surface area contributed by atoms with Gasteiger partial charge in [-0.1, -0.05) is 13.8 Å². The summed E-state index contributed by atoms with van der Waals surface area (Å²) < 4.78 is 0. The van der Waals surface area contributed by atoms with Crippen molar-refractivity contribution in [3.63, 3.8) is 0 Å². The second-order valence-electron chi connectivity index (χ2n) is 7.23. The van der Waals surface area contributed by atoms with Crippen LogP contribution in [0.15, 0.2) is 0 Å². The maximum atomic E-state index is 12.3. The van der Waals surface area contributed by atoms with E-state index in [1.54, 1.807) is 0 Å². The number of piperidine rings is 1. The molecule has 2 heterocycles. The van der Waals surface area contributed by atoms with E-state index in [2.05, 4.69) is 10.6 Å². The van der Waals surface area contributed by atoms with E-state index in [0.717, 1.165) is 6.42 Å². The molecule has 2 fully saturated rings. The van der Waals surface area contributed by atoms with Crippen LogP contribution in [0.3, 0.4) is 0 Å². The number of amides is 3. The molecule has 3 atom stereocenters. The number of aliphatic hydroxyl groups is 1. The minimum Gasteiger partial charge on any atom is -0.465 e. The Morgan fingerprint density at radius 2 is 2.09 bits per heavy atom. The lowest BCUT2D eigenvalue weighted by Gasteiger charge is -2.47. The van der Waals surface area contributed by atoms with Gasteiger partial charge in [-0.15, -0.1) is 0 Å². The van der Waals surface area contributed by atoms with Gasteiger partial charge in [-0.05, 0) is 24.7 Å². The summed E-state index contributed by atoms with van der Waals surface area (Å²) in [7, 11) is 0. The fourth-order valence-corrected chi connectivity index (χ4v) is 3.29. The van der Waals surface area contributed by atoms with E-state index in [0.29, 0.717) is 26.1 Å². The van der Waals surface area contributed by atoms with Gasteiger partial charge < -0.3 is 25.7 Å². The molecular formula is C15H25N3O5. The number of carbonyl (C=O) groups is 3. The third kappa shape index (κ3) is 4.34. The summed E-state index contributed by atoms with van der Waals surface area (Å²) in [5.74, 6) is -1.03. The van der Waals surface area contributed by atoms with Gasteiger partial charge in [0.05, 0.1) is 6.04 Å². The van der Waals surface area contributed by atoms with Crippen LogP contribution in [0.4, 0.5) is 4.79 Å². The SMILES string of the molecule is CC1(C)CN(C(=O)C(O)[C@H](C[C@@H]2CCCNC2=O)NC(=O)O)C1. The Hall–Kier alpha value is -1.83. The number of aliphatic hydroxyl groups excluding tert-OH is 1. The van der Waals surface area contributed by atoms with Crippen LogP contribution in [-0.2, 0) is 9.59 Å². The molecule has 2 rings (SSSR count). The van der Waals surface area contributed by atoms with Crippen molar-refractivity contribution in [2.24, 2.45) is 11.3 Å². The number of likely N-dealkylation sites (tertiary alicyclic amines) is 1. The first-order chi connectivity index (χ1) is 10.7. The molecule has 130 valence electrons. The zero-order valence-corrected chi connectivity index (χ0v) is 13.5. The Balaban J connectivity index is 2.00. The number of hydrogen-bond acceptors (Lipinski definition) is 4. The highest BCUT2D eigenvalue weighted by atomic mass is 16.4. The molecule has 0 aromatic rings. The largest absolute Gasteiger partial charge is 0.465 e. The average molecular weight is 327 g/mol. The Morgan fingerprint density at radius 1 is 1.43 bits per heavy atom. The number of nitrogens with one attached hydrogen (secondary N) is 2. The van der Waals surface area contributed by atoms with Gasteiger partial charge in [0.15, 0.2) is 6.10 Å². The van der Waals surface area contributed by atoms with E-state index in [1.807, 2.05) is 13.8 Å². The van der Waals surface area contributed by atoms with E-state index in [4.69, 9.17) is 5.11 Å². The van der Waals surface area contributed by atoms with E-state index in [1.165, 1.54) is 4.90 Å². The lowest BCUT2D eigenvalue weighted by atomic mass is 9.83. The Kier molecular flexibility index (Phi) is 5.13. The summed E-state index contributed by atoms with van der Waals surface area (Å²) in [5, 5.41) is 24.2. The second-order valence-corrected chi connectivity index (χ2v) is 7.23. The van der Waals surface area contributed by atoms with Crippen molar-refractivity contribution in [2.75, 3.05) is 19.6 Å². The van der Waals surface area contributed by atoms with Crippen LogP contribution in [0, 0.1) is 11.3 Å². The van der Waals surface area contributed by atoms with Gasteiger partial charge in [0, 0.05) is 25.6 Å². The molecule has 0 spiro atoms. The molecule has 0 aromatic heterocycles. The minimum absolute atomic E-state index is 0.0222. The molecule has 0 saturated carbocycles. The van der Waals surface area contributed by atoms with Gasteiger partial charge in [-0.25, -0.2) is 4.79 Å². The third-order valence-electron chi connectivity index (χ3n) is 4.43. The fourth-order valence-electron chi connectivity index (χ4n) is 3.29. The molecule has 4 N–H and O–H groups in total. The maximum absolute atomic E-state index is 12.3. The number of carbonyl (C=O) groups excluding carboxylic acids is 2. The van der Waals surface area contributed by atoms with E-state index in [9.17, 15) is 19.5 Å². The van der Waals surface area contributed by atoms with Crippen molar-refractivity contribution in [1.82, 2.24) is 15.5 Å². The van der Waals surface area contributed by atoms with Crippen LogP contribution in [-0.4, -0.2) is 64.8 Å². The minimum atomic E-state index is -1.48. The highest BCUT2D eigenvalue weighted by Gasteiger charge is 2.42. The van der Waals surface area contributed by atoms with Gasteiger partial charge in [0.1, 0.15) is 0 Å². The van der Waals surface area contributed by atoms with Crippen molar-refractivity contribution in [1.29, 1.82) is 0 Å². The molecule has 8 heteroatoms. The van der Waals surface area contributed by atoms with Crippen LogP contribution in [0.5, 0.6) is 0 Å². The summed E-state index contributed by atoms with van der Waals surface area (Å²) in [5.41, 5.74) is 0.0222. The molecular weight excluding hydrogens is 302 g/mol. The average Bonchev–Trinajstić information content (AvgIpc) is 2.44. The molecule has 0 radical (unpaired) electrons. The topological polar surface area (TPSA) is 119 Å². The lowest BCUT2D eigenvalue weighted by molar-refractivity contribution is -0.152. The predicted octanol–water partition coefficient (Wildman–Crippen LogP) is -0.232. The van der Waals surface area contributed by atoms with Crippen LogP contribution in [0.1, 0.15) is 33.1 Å². The van der Waals surface area contributed by atoms with Crippen molar-refractivity contribution >= 4 is 17.9 Å². The van der Waals surface area contributed by atoms with E-state index in [-0.39, 0.29) is 17.7 Å². The Labute approximate surface area is 135 Å². The molecule has 0 bridgehead atoms. The molecule has 2 saturated heterocycles. The molecule has 0 aromatic carbocycles. The number of carboxylic acid groups (broad SMARTS) is 1. The third-order valence-corrected chi connectivity index (χ3v) is 4.43. The molecule has 8 nitrogen and oxygen atoms in total. The standard InChI is InChI=1S/C15H25N3O5/c1-15(2)7-18(8-15)13(21)11(19)10(17-14(22)23)6-9-4-3-5-16-12(9)20/h9-11,17,19H,3-8H2,1-2H3,(H,16,20)(H,22,23)/t9-,10-,11?/m0/s1. The Morgan fingerprint density at radius 3 is 2.61 bits per heavy atom. The first-order valence-electron chi connectivity index (χ1n) is 7.94. The number of hydrogen-bond donors (Lipinski definition) is 4. The zero-order chi connectivity index (χ0) is 17.2. The van der Waals surface area contributed by atoms with E-state index >= 15 is 0 Å². The molecule has 0 aliphatic carbocycles. The predicted molar refractivity (Wildman–Crippen MR) is 81.7 cm³/mol. The number of nitrogens with zero attached hydrogens (tertiary/aromatic N) is 1. The first kappa shape index (κ1) is 17.5. The van der Waals surface area contributed by atoms with Crippen molar-refractivity contribution in [3.05, 3.63) is 0 Å². The van der Waals surface area contributed by atoms with Crippen molar-refractivity contribution in [2.45, 2.75) is 45.3 Å². The highest BCUT2D eigenvalue weighted by Crippen LogP contribution is 2.30. The second kappa shape index (κ2) is 6.74. The summed E-state index contributed by atoms with van der Waals surface area (Å²) in [6.07, 6.45) is -1.25. The van der Waals surface area contributed by atoms with Gasteiger partial charge in [0.25, 0.3) is 5.91 Å². The van der Waals surface area contributed by atoms with Gasteiger partial charge in [-0.2, -0.15) is 0 Å². The normalized spacial score (nSPS) is 25.8. The van der Waals surface area contributed by atoms with Gasteiger partial charge >= 0.3 is 6.09 Å². The molecule has 23 heavy (non-hydrogen) atoms. The summed E-state index contributed by atoms with van der Waals surface area (Å²) >= 11 is 0. The zero-order valence-electron chi connectivity index (χ0n) is 13.5. The smallest absolute Gasteiger partial charge is 0.404 e. The molecule has 2 aliphatic heterocycles.